The van der Waals surface area contributed by atoms with Crippen molar-refractivity contribution in [1.82, 2.24) is 0 Å². The second kappa shape index (κ2) is 13.9. The molecule has 10 heteroatoms. The summed E-state index contributed by atoms with van der Waals surface area (Å²) < 4.78 is 17.8. The van der Waals surface area contributed by atoms with Crippen LogP contribution in [0.3, 0.4) is 0 Å². The average Bonchev–Trinajstić information content (AvgIpc) is 2.90. The van der Waals surface area contributed by atoms with Gasteiger partial charge in [-0.05, 0) is 71.1 Å². The van der Waals surface area contributed by atoms with Crippen LogP contribution in [0.25, 0.3) is 0 Å². The molecule has 0 spiro atoms. The van der Waals surface area contributed by atoms with Crippen molar-refractivity contribution in [3.63, 3.8) is 0 Å². The first-order chi connectivity index (χ1) is 19.1. The summed E-state index contributed by atoms with van der Waals surface area (Å²) in [4.78, 5) is 12.6. The van der Waals surface area contributed by atoms with Crippen molar-refractivity contribution in [2.45, 2.75) is 129 Å². The number of carbonyl (C=O) groups excluding carboxylic acids is 1. The van der Waals surface area contributed by atoms with Crippen LogP contribution < -0.4 is 0 Å². The number of ether oxygens (including phenoxy) is 3. The predicted molar refractivity (Wildman–Crippen MR) is 151 cm³/mol. The molecule has 0 bridgehead atoms. The summed E-state index contributed by atoms with van der Waals surface area (Å²) >= 11 is 0. The average molecular weight is 585 g/mol. The summed E-state index contributed by atoms with van der Waals surface area (Å²) in [5, 5.41) is 63.7. The van der Waals surface area contributed by atoms with Gasteiger partial charge in [0.05, 0.1) is 17.8 Å². The molecule has 3 aliphatic rings. The summed E-state index contributed by atoms with van der Waals surface area (Å²) in [7, 11) is 0. The number of aliphatic hydroxyl groups excluding tert-OH is 5. The molecule has 6 N–H and O–H groups in total. The van der Waals surface area contributed by atoms with Crippen molar-refractivity contribution >= 4 is 5.97 Å². The minimum Gasteiger partial charge on any atom is -0.459 e. The molecule has 3 fully saturated rings. The van der Waals surface area contributed by atoms with Gasteiger partial charge in [-0.15, -0.1) is 0 Å². The third-order valence-corrected chi connectivity index (χ3v) is 9.75. The molecule has 0 aromatic carbocycles. The number of esters is 1. The topological polar surface area (TPSA) is 166 Å². The quantitative estimate of drug-likeness (QED) is 0.127. The Labute approximate surface area is 244 Å². The summed E-state index contributed by atoms with van der Waals surface area (Å²) in [5.74, 6) is -0.908. The van der Waals surface area contributed by atoms with Gasteiger partial charge in [-0.2, -0.15) is 0 Å². The number of rotatable bonds is 10. The molecule has 236 valence electrons. The maximum Gasteiger partial charge on any atom is 0.333 e. The van der Waals surface area contributed by atoms with Gasteiger partial charge in [-0.25, -0.2) is 4.79 Å². The van der Waals surface area contributed by atoms with Gasteiger partial charge in [-0.1, -0.05) is 38.5 Å². The molecular weight excluding hydrogens is 532 g/mol. The second-order valence-corrected chi connectivity index (χ2v) is 13.2. The lowest BCUT2D eigenvalue weighted by Gasteiger charge is -2.60. The van der Waals surface area contributed by atoms with Crippen molar-refractivity contribution in [3.05, 3.63) is 23.3 Å². The van der Waals surface area contributed by atoms with Gasteiger partial charge in [-0.3, -0.25) is 0 Å². The van der Waals surface area contributed by atoms with Gasteiger partial charge in [0.25, 0.3) is 0 Å². The van der Waals surface area contributed by atoms with Crippen LogP contribution in [-0.2, 0) is 19.0 Å². The lowest BCUT2D eigenvalue weighted by atomic mass is 9.50. The van der Waals surface area contributed by atoms with Crippen LogP contribution in [-0.4, -0.2) is 98.3 Å². The van der Waals surface area contributed by atoms with E-state index in [1.165, 1.54) is 0 Å². The fourth-order valence-electron chi connectivity index (χ4n) is 7.06. The zero-order chi connectivity index (χ0) is 30.7. The normalized spacial score (nSPS) is 42.2. The maximum atomic E-state index is 12.6. The van der Waals surface area contributed by atoms with E-state index in [2.05, 4.69) is 13.8 Å². The molecule has 3 rings (SSSR count). The van der Waals surface area contributed by atoms with Crippen molar-refractivity contribution in [2.75, 3.05) is 13.2 Å². The first-order valence-electron chi connectivity index (χ1n) is 15.0. The molecule has 2 saturated carbocycles. The maximum absolute atomic E-state index is 12.6. The van der Waals surface area contributed by atoms with E-state index < -0.39 is 65.8 Å². The monoisotopic (exact) mass is 584 g/mol. The van der Waals surface area contributed by atoms with E-state index in [4.69, 9.17) is 19.3 Å². The molecule has 1 heterocycles. The number of hydrogen-bond acceptors (Lipinski definition) is 10. The highest BCUT2D eigenvalue weighted by molar-refractivity contribution is 5.87. The SMILES string of the molecule is C/C(=C\C/C=C(\C)C(=O)OC[C@H]1O[C@@H](O[C@@H]2[C@H](C(C)C)CC[C@]3(C)[C@@H](O)CC[C@](C)(O)[C@@H]23)[C@H](O)[C@@H](O)[C@@H]1O)CCO. The molecule has 11 atom stereocenters. The molecule has 2 aliphatic carbocycles. The molecule has 41 heavy (non-hydrogen) atoms. The van der Waals surface area contributed by atoms with Crippen LogP contribution in [0, 0.1) is 23.2 Å². The molecule has 0 amide bonds. The van der Waals surface area contributed by atoms with Gasteiger partial charge in [0.2, 0.25) is 0 Å². The summed E-state index contributed by atoms with van der Waals surface area (Å²) in [6, 6.07) is 0. The van der Waals surface area contributed by atoms with E-state index in [9.17, 15) is 30.3 Å². The van der Waals surface area contributed by atoms with Gasteiger partial charge in [0.15, 0.2) is 6.29 Å². The standard InChI is InChI=1S/C31H52O10/c1-17(2)20-10-13-30(5)22(33)11-14-31(6,38)27(30)26(20)41-29-25(36)24(35)23(34)21(40-29)16-39-28(37)19(4)9-7-8-18(3)12-15-32/h8-9,17,20-27,29,32-36,38H,7,10-16H2,1-6H3/b18-8+,19-9+/t20-,21+,22-,23+,24-,25+,26+,27-,29-,30+,31-/m0/s1. The molecule has 10 nitrogen and oxygen atoms in total. The number of hydrogen-bond donors (Lipinski definition) is 6. The third-order valence-electron chi connectivity index (χ3n) is 9.75. The molecule has 1 saturated heterocycles. The highest BCUT2D eigenvalue weighted by Crippen LogP contribution is 2.57. The van der Waals surface area contributed by atoms with Crippen LogP contribution >= 0.6 is 0 Å². The van der Waals surface area contributed by atoms with Gasteiger partial charge in [0.1, 0.15) is 31.0 Å². The third kappa shape index (κ3) is 7.59. The fourth-order valence-corrected chi connectivity index (χ4v) is 7.06. The smallest absolute Gasteiger partial charge is 0.333 e. The minimum absolute atomic E-state index is 0.0104. The Bertz CT molecular complexity index is 945. The van der Waals surface area contributed by atoms with E-state index in [1.807, 2.05) is 19.9 Å². The zero-order valence-corrected chi connectivity index (χ0v) is 25.4. The van der Waals surface area contributed by atoms with E-state index >= 15 is 0 Å². The number of fused-ring (bicyclic) bond motifs is 1. The zero-order valence-electron chi connectivity index (χ0n) is 25.4. The van der Waals surface area contributed by atoms with Crippen LogP contribution in [0.1, 0.15) is 80.1 Å². The van der Waals surface area contributed by atoms with Crippen LogP contribution in [0.5, 0.6) is 0 Å². The van der Waals surface area contributed by atoms with Gasteiger partial charge >= 0.3 is 5.97 Å². The van der Waals surface area contributed by atoms with Crippen molar-refractivity contribution in [3.8, 4) is 0 Å². The highest BCUT2D eigenvalue weighted by Gasteiger charge is 2.61. The fraction of sp³-hybridized carbons (Fsp3) is 0.839. The first kappa shape index (κ1) is 34.1. The minimum atomic E-state index is -1.61. The van der Waals surface area contributed by atoms with Crippen molar-refractivity contribution in [1.29, 1.82) is 0 Å². The Balaban J connectivity index is 1.75. The second-order valence-electron chi connectivity index (χ2n) is 13.2. The first-order valence-corrected chi connectivity index (χ1v) is 15.0. The van der Waals surface area contributed by atoms with Crippen LogP contribution in [0.4, 0.5) is 0 Å². The van der Waals surface area contributed by atoms with Crippen LogP contribution in [0.15, 0.2) is 23.3 Å². The Morgan fingerprint density at radius 1 is 1.02 bits per heavy atom. The Morgan fingerprint density at radius 3 is 2.34 bits per heavy atom. The molecule has 0 unspecified atom stereocenters. The summed E-state index contributed by atoms with van der Waals surface area (Å²) in [6.45, 7) is 11.1. The summed E-state index contributed by atoms with van der Waals surface area (Å²) in [6.07, 6.45) is -1.44. The van der Waals surface area contributed by atoms with Gasteiger partial charge in [0, 0.05) is 23.5 Å². The number of allylic oxidation sites excluding steroid dienone is 2. The molecule has 0 aromatic heterocycles. The molecular formula is C31H52O10. The number of carbonyl (C=O) groups is 1. The van der Waals surface area contributed by atoms with E-state index in [-0.39, 0.29) is 25.0 Å². The Morgan fingerprint density at radius 2 is 1.71 bits per heavy atom. The number of aliphatic hydroxyl groups is 6. The predicted octanol–water partition coefficient (Wildman–Crippen LogP) is 1.98. The van der Waals surface area contributed by atoms with Crippen molar-refractivity contribution < 1.29 is 49.6 Å². The van der Waals surface area contributed by atoms with Gasteiger partial charge < -0.3 is 44.8 Å². The van der Waals surface area contributed by atoms with E-state index in [1.54, 1.807) is 19.9 Å². The Kier molecular flexibility index (Phi) is 11.6. The largest absolute Gasteiger partial charge is 0.459 e. The van der Waals surface area contributed by atoms with Crippen LogP contribution in [0.2, 0.25) is 0 Å². The molecule has 1 aliphatic heterocycles. The van der Waals surface area contributed by atoms with E-state index in [0.29, 0.717) is 31.3 Å². The lowest BCUT2D eigenvalue weighted by molar-refractivity contribution is -0.339. The Hall–Kier alpha value is -1.37. The molecule has 0 aromatic rings. The molecule has 0 radical (unpaired) electrons. The highest BCUT2D eigenvalue weighted by atomic mass is 16.7. The van der Waals surface area contributed by atoms with Crippen molar-refractivity contribution in [2.24, 2.45) is 23.2 Å². The lowest BCUT2D eigenvalue weighted by Crippen LogP contribution is -2.66. The summed E-state index contributed by atoms with van der Waals surface area (Å²) in [5.41, 5.74) is -0.380. The van der Waals surface area contributed by atoms with E-state index in [0.717, 1.165) is 18.4 Å².